The van der Waals surface area contributed by atoms with Gasteiger partial charge < -0.3 is 53.8 Å². The Morgan fingerprint density at radius 1 is 0.476 bits per heavy atom. The lowest BCUT2D eigenvalue weighted by molar-refractivity contribution is -0.140. The van der Waals surface area contributed by atoms with Crippen molar-refractivity contribution >= 4 is 218 Å². The van der Waals surface area contributed by atoms with Gasteiger partial charge in [0.25, 0.3) is 0 Å². The second kappa shape index (κ2) is 50.4. The van der Waals surface area contributed by atoms with Gasteiger partial charge in [-0.1, -0.05) is 127 Å². The Bertz CT molecular complexity index is 7090. The highest BCUT2D eigenvalue weighted by molar-refractivity contribution is 9.11. The zero-order valence-electron chi connectivity index (χ0n) is 75.1. The molecule has 3 N–H and O–H groups in total. The van der Waals surface area contributed by atoms with Gasteiger partial charge in [-0.2, -0.15) is 8.61 Å². The summed E-state index contributed by atoms with van der Waals surface area (Å²) >= 11 is 23.7. The Balaban J connectivity index is 0.000000178. The van der Waals surface area contributed by atoms with Crippen LogP contribution in [0.3, 0.4) is 0 Å². The number of nitrogens with zero attached hydrogens (tertiary/aromatic N) is 13. The van der Waals surface area contributed by atoms with Crippen LogP contribution in [0.25, 0.3) is 0 Å². The fourth-order valence-electron chi connectivity index (χ4n) is 14.9. The number of aromatic nitrogens is 4. The van der Waals surface area contributed by atoms with Crippen molar-refractivity contribution in [1.29, 1.82) is 0 Å². The molecule has 7 aliphatic heterocycles. The number of nitrogens with one attached hydrogen (secondary N) is 3. The zero-order chi connectivity index (χ0) is 102. The Morgan fingerprint density at radius 3 is 1.17 bits per heavy atom. The molecule has 4 aromatic heterocycles. The van der Waals surface area contributed by atoms with Crippen LogP contribution in [0.15, 0.2) is 251 Å². The molecule has 52 heteroatoms. The van der Waals surface area contributed by atoms with Gasteiger partial charge in [0.05, 0.1) is 82.6 Å². The standard InChI is InChI=1S/C26H24BrFN4O5S2.C25H24BrFN4O3S.C19H18BrFN4O4S2.C18H16BrFN4O4S2.CH2Cl2O2S.2CH4/c1-3-37-26(33)22-21-14-31(13-16-4-7-18(36-2)8-5-16)39(34,35)15-32(21)24(25-29-10-11-38-25)30-23(22)19-9-6-17(28)12-20(19)27;1-3-34-25(32)21-20(14-28-13-15-4-7-17(33-2)8-5-15)30-23(24-29-10-11-35-24)31-22(21)18-9-6-16(27)12-19(18)26;1-3-29-19(26)15-14-9-24(2)31(27,28)10-25(14)17(18-22-6-7-30-18)23-16(15)12-5-4-11(21)8-13(12)20;1-2-28-18(25)14-13-8-22-30(26,27)9-24(13)16(17-21-5-6-29-17)23-15(14)11-4-3-10(20)7-12(11)19;2-1-6(3,4)5;;/h4-12,23H,3,13-15H2,1-2H3;4-12,22,28H,3,13-14H2,1-2H3,(H,30,31);4-8,16H,3,9-10H2,1-2H3;3-7,15,22H,2,8-9H2,1H3;1H2;2*1H4/t23-;22-;16-;15-;;;/m0000.../s1. The molecule has 0 spiro atoms. The molecule has 3 saturated heterocycles. The molecule has 4 atom stereocenters. The van der Waals surface area contributed by atoms with Crippen LogP contribution < -0.4 is 24.8 Å². The quantitative estimate of drug-likeness (QED) is 0.0157. The average Bonchev–Trinajstić information content (AvgIpc) is 1.48. The highest BCUT2D eigenvalue weighted by Crippen LogP contribution is 2.47. The molecule has 0 saturated carbocycles. The van der Waals surface area contributed by atoms with Gasteiger partial charge >= 0.3 is 23.9 Å². The molecular formula is C91H92Br4Cl2F4N16O18S8. The number of halogens is 10. The zero-order valence-corrected chi connectivity index (χ0v) is 89.5. The molecule has 34 nitrogen and oxygen atoms in total. The minimum absolute atomic E-state index is 0. The fraction of sp³-hybridized carbons (Fsp3) is 0.297. The second-order valence-electron chi connectivity index (χ2n) is 30.2. The lowest BCUT2D eigenvalue weighted by atomic mass is 9.94. The first-order chi connectivity index (χ1) is 67.3. The number of likely N-dealkylation sites (N-methyl/N-ethyl adjacent to an activating group) is 1. The third-order valence-corrected chi connectivity index (χ3v) is 33.3. The maximum Gasteiger partial charge on any atom is 0.338 e. The first-order valence-corrected chi connectivity index (χ1v) is 56.6. The molecule has 0 radical (unpaired) electrons. The number of thiazole rings is 4. The van der Waals surface area contributed by atoms with Crippen LogP contribution in [0.4, 0.5) is 17.6 Å². The molecule has 0 aliphatic carbocycles. The predicted molar refractivity (Wildman–Crippen MR) is 554 cm³/mol. The van der Waals surface area contributed by atoms with Gasteiger partial charge in [0, 0.05) is 124 Å². The molecule has 762 valence electrons. The summed E-state index contributed by atoms with van der Waals surface area (Å²) in [5, 5.41) is 15.5. The highest BCUT2D eigenvalue weighted by atomic mass is 79.9. The summed E-state index contributed by atoms with van der Waals surface area (Å²) in [6.45, 7) is 8.21. The van der Waals surface area contributed by atoms with E-state index in [9.17, 15) is 70.4 Å². The number of carbonyl (C=O) groups excluding carboxylic acids is 4. The van der Waals surface area contributed by atoms with Crippen LogP contribution >= 0.6 is 131 Å². The number of ether oxygens (including phenoxy) is 6. The van der Waals surface area contributed by atoms with E-state index in [2.05, 4.69) is 110 Å². The molecule has 143 heavy (non-hydrogen) atoms. The normalized spacial score (nSPS) is 18.3. The molecule has 0 amide bonds. The number of fused-ring (bicyclic) bond motifs is 3. The summed E-state index contributed by atoms with van der Waals surface area (Å²) in [5.74, 6) is -2.27. The van der Waals surface area contributed by atoms with Crippen LogP contribution in [-0.4, -0.2) is 221 Å². The van der Waals surface area contributed by atoms with Crippen LogP contribution in [-0.2, 0) is 90.3 Å². The molecule has 3 fully saturated rings. The highest BCUT2D eigenvalue weighted by Gasteiger charge is 2.48. The van der Waals surface area contributed by atoms with Crippen molar-refractivity contribution in [3.63, 3.8) is 0 Å². The number of rotatable bonds is 25. The molecular weight excluding hydrogens is 2330 g/mol. The van der Waals surface area contributed by atoms with Crippen molar-refractivity contribution in [2.45, 2.75) is 79.8 Å². The van der Waals surface area contributed by atoms with E-state index >= 15 is 0 Å². The summed E-state index contributed by atoms with van der Waals surface area (Å²) in [6, 6.07) is 28.3. The average molecular weight is 2420 g/mol. The Kier molecular flexibility index (Phi) is 40.0. The molecule has 6 aromatic carbocycles. The summed E-state index contributed by atoms with van der Waals surface area (Å²) < 4.78 is 190. The summed E-state index contributed by atoms with van der Waals surface area (Å²) in [4.78, 5) is 93.4. The van der Waals surface area contributed by atoms with Crippen molar-refractivity contribution in [2.75, 3.05) is 96.7 Å². The van der Waals surface area contributed by atoms with E-state index in [4.69, 9.17) is 60.0 Å². The van der Waals surface area contributed by atoms with E-state index in [1.165, 1.54) is 130 Å². The summed E-state index contributed by atoms with van der Waals surface area (Å²) in [7, 11) is -5.24. The van der Waals surface area contributed by atoms with E-state index in [1.807, 2.05) is 29.6 Å². The number of aliphatic imine (C=N–C) groups is 4. The summed E-state index contributed by atoms with van der Waals surface area (Å²) in [6.07, 6.45) is 6.48. The Hall–Kier alpha value is -9.98. The van der Waals surface area contributed by atoms with Gasteiger partial charge in [-0.05, 0) is 134 Å². The number of esters is 4. The van der Waals surface area contributed by atoms with E-state index in [0.717, 1.165) is 16.9 Å². The van der Waals surface area contributed by atoms with Gasteiger partial charge in [0.15, 0.2) is 43.4 Å². The number of benzene rings is 6. The number of alkyl halides is 1. The summed E-state index contributed by atoms with van der Waals surface area (Å²) in [5.41, 5.74) is 7.06. The number of sulfonamides is 3. The first-order valence-electron chi connectivity index (χ1n) is 42.1. The minimum atomic E-state index is -3.81. The lowest BCUT2D eigenvalue weighted by Crippen LogP contribution is -2.52. The van der Waals surface area contributed by atoms with E-state index in [-0.39, 0.29) is 95.9 Å². The molecule has 11 heterocycles. The maximum absolute atomic E-state index is 14.0. The van der Waals surface area contributed by atoms with Gasteiger partial charge in [-0.25, -0.2) is 95.1 Å². The number of hydrogen-bond donors (Lipinski definition) is 3. The van der Waals surface area contributed by atoms with Crippen LogP contribution in [0.1, 0.15) is 120 Å². The van der Waals surface area contributed by atoms with Crippen LogP contribution in [0.2, 0.25) is 0 Å². The smallest absolute Gasteiger partial charge is 0.338 e. The van der Waals surface area contributed by atoms with Gasteiger partial charge in [0.1, 0.15) is 81.8 Å². The van der Waals surface area contributed by atoms with Crippen molar-refractivity contribution in [3.8, 4) is 11.5 Å². The molecule has 0 bridgehead atoms. The molecule has 0 unspecified atom stereocenters. The minimum Gasteiger partial charge on any atom is -0.497 e. The fourth-order valence-corrected chi connectivity index (χ4v) is 23.3. The largest absolute Gasteiger partial charge is 0.497 e. The van der Waals surface area contributed by atoms with Gasteiger partial charge in [0.2, 0.25) is 39.1 Å². The van der Waals surface area contributed by atoms with Crippen LogP contribution in [0, 0.1) is 23.3 Å². The topological polar surface area (TPSA) is 414 Å². The number of amidine groups is 4. The first kappa shape index (κ1) is 113. The van der Waals surface area contributed by atoms with Crippen molar-refractivity contribution in [1.82, 2.24) is 58.6 Å². The SMILES string of the molecule is C.C.CCOC(=O)C1=C(CNCc2ccc(OC)cc2)NC(c2nccs2)=N[C@H]1c1ccc(F)cc1Br.CCOC(=O)C1=C2CN(C)S(=O)(=O)CN2C(c2nccs2)=N[C@H]1c1ccc(F)cc1Br.CCOC(=O)C1=C2CN(Cc3ccc(OC)cc3)S(=O)(=O)CN2C(c2nccs2)=N[C@H]1c1ccc(F)cc1Br.CCOC(=O)C1=C2CNS(=O)(=O)CN2C(c2nccs2)=N[C@H]1c1ccc(F)cc1Br.O=S(=O)(Cl)CCl. The third kappa shape index (κ3) is 27.7. The monoisotopic (exact) mass is 2410 g/mol. The molecule has 10 aromatic rings. The van der Waals surface area contributed by atoms with Gasteiger partial charge in [-0.15, -0.1) is 56.9 Å². The third-order valence-electron chi connectivity index (χ3n) is 21.2. The Morgan fingerprint density at radius 2 is 0.818 bits per heavy atom. The van der Waals surface area contributed by atoms with Gasteiger partial charge in [-0.3, -0.25) is 20.0 Å². The molecule has 7 aliphatic rings. The second-order valence-corrected chi connectivity index (χ2v) is 46.4. The number of methoxy groups -OCH3 is 2. The number of carbonyl (C=O) groups is 4. The van der Waals surface area contributed by atoms with E-state index in [0.29, 0.717) is 131 Å². The number of hydrogen-bond acceptors (Lipinski definition) is 35. The molecule has 17 rings (SSSR count). The van der Waals surface area contributed by atoms with E-state index < -0.39 is 122 Å². The van der Waals surface area contributed by atoms with Crippen LogP contribution in [0.5, 0.6) is 11.5 Å². The predicted octanol–water partition coefficient (Wildman–Crippen LogP) is 16.7. The van der Waals surface area contributed by atoms with E-state index in [1.54, 1.807) is 125 Å². The van der Waals surface area contributed by atoms with Crippen molar-refractivity contribution in [2.24, 2.45) is 20.0 Å². The van der Waals surface area contributed by atoms with Crippen molar-refractivity contribution < 1.29 is 98.8 Å². The Labute approximate surface area is 882 Å². The maximum atomic E-state index is 14.0. The lowest BCUT2D eigenvalue weighted by Gasteiger charge is -2.42. The van der Waals surface area contributed by atoms with Crippen molar-refractivity contribution in [3.05, 3.63) is 307 Å².